The van der Waals surface area contributed by atoms with Crippen molar-refractivity contribution in [3.8, 4) is 0 Å². The first-order chi connectivity index (χ1) is 18.4. The van der Waals surface area contributed by atoms with Crippen molar-refractivity contribution in [1.82, 2.24) is 14.5 Å². The Morgan fingerprint density at radius 1 is 1.16 bits per heavy atom. The van der Waals surface area contributed by atoms with Crippen molar-refractivity contribution in [3.63, 3.8) is 0 Å². The van der Waals surface area contributed by atoms with Gasteiger partial charge in [-0.2, -0.15) is 0 Å². The number of benzene rings is 1. The Hall–Kier alpha value is -3.05. The Bertz CT molecular complexity index is 1400. The first-order valence-corrected chi connectivity index (χ1v) is 14.6. The fraction of sp³-hybridized carbons (Fsp3) is 0.393. The van der Waals surface area contributed by atoms with Crippen LogP contribution in [0.4, 0.5) is 0 Å². The third-order valence-corrected chi connectivity index (χ3v) is 9.42. The molecule has 4 aromatic rings. The van der Waals surface area contributed by atoms with Crippen LogP contribution in [0, 0.1) is 0 Å². The Kier molecular flexibility index (Phi) is 7.94. The molecule has 3 heterocycles. The van der Waals surface area contributed by atoms with E-state index in [9.17, 15) is 19.5 Å². The average Bonchev–Trinajstić information content (AvgIpc) is 3.70. The number of thiophene rings is 2. The molecule has 10 heteroatoms. The summed E-state index contributed by atoms with van der Waals surface area (Å²) in [5.74, 6) is -0.975. The van der Waals surface area contributed by atoms with Gasteiger partial charge in [-0.25, -0.2) is 9.59 Å². The number of aromatic nitrogens is 2. The van der Waals surface area contributed by atoms with Gasteiger partial charge in [0.2, 0.25) is 5.60 Å². The molecule has 1 saturated carbocycles. The molecule has 0 radical (unpaired) electrons. The van der Waals surface area contributed by atoms with E-state index in [1.54, 1.807) is 16.7 Å². The van der Waals surface area contributed by atoms with Crippen LogP contribution in [0.2, 0.25) is 0 Å². The molecule has 0 saturated heterocycles. The number of aromatic amines is 1. The van der Waals surface area contributed by atoms with Gasteiger partial charge in [0.05, 0.1) is 26.9 Å². The van der Waals surface area contributed by atoms with Crippen LogP contribution in [0.25, 0.3) is 11.0 Å². The lowest BCUT2D eigenvalue weighted by molar-refractivity contribution is -0.170. The first-order valence-electron chi connectivity index (χ1n) is 12.8. The van der Waals surface area contributed by atoms with Gasteiger partial charge in [0.25, 0.3) is 0 Å². The molecule has 0 atom stereocenters. The molecule has 8 nitrogen and oxygen atoms in total. The van der Waals surface area contributed by atoms with E-state index in [-0.39, 0.29) is 11.8 Å². The van der Waals surface area contributed by atoms with Crippen LogP contribution in [0.5, 0.6) is 0 Å². The maximum Gasteiger partial charge on any atom is 0.347 e. The predicted octanol–water partition coefficient (Wildman–Crippen LogP) is 4.94. The Morgan fingerprint density at radius 2 is 1.84 bits per heavy atom. The van der Waals surface area contributed by atoms with E-state index < -0.39 is 11.6 Å². The van der Waals surface area contributed by atoms with Gasteiger partial charge in [0.15, 0.2) is 0 Å². The summed E-state index contributed by atoms with van der Waals surface area (Å²) in [5, 5.41) is 14.1. The maximum absolute atomic E-state index is 12.7. The highest BCUT2D eigenvalue weighted by atomic mass is 32.1. The number of hydrogen-bond acceptors (Lipinski definition) is 7. The normalized spacial score (nSPS) is 18.3. The Labute approximate surface area is 228 Å². The van der Waals surface area contributed by atoms with Crippen LogP contribution in [0.1, 0.15) is 52.2 Å². The molecule has 1 fully saturated rings. The van der Waals surface area contributed by atoms with Gasteiger partial charge in [-0.3, -0.25) is 9.36 Å². The monoisotopic (exact) mass is 553 g/mol. The number of H-pyrrole nitrogens is 1. The van der Waals surface area contributed by atoms with E-state index in [2.05, 4.69) is 16.9 Å². The minimum Gasteiger partial charge on any atom is -0.479 e. The number of nitrogens with one attached hydrogen (secondary N) is 1. The fourth-order valence-electron chi connectivity index (χ4n) is 5.45. The molecule has 0 amide bonds. The van der Waals surface area contributed by atoms with Gasteiger partial charge in [-0.15, -0.1) is 22.7 Å². The van der Waals surface area contributed by atoms with Crippen molar-refractivity contribution in [1.29, 1.82) is 0 Å². The van der Waals surface area contributed by atoms with Crippen LogP contribution in [-0.4, -0.2) is 57.6 Å². The number of carboxylic acid groups (broad SMARTS) is 1. The van der Waals surface area contributed by atoms with Crippen molar-refractivity contribution < 1.29 is 19.4 Å². The van der Waals surface area contributed by atoms with Crippen molar-refractivity contribution in [2.45, 2.75) is 56.4 Å². The van der Waals surface area contributed by atoms with E-state index >= 15 is 0 Å². The highest BCUT2D eigenvalue weighted by Gasteiger charge is 2.48. The number of aryl methyl sites for hydroxylation is 1. The molecule has 0 unspecified atom stereocenters. The number of carbonyl (C=O) groups is 2. The van der Waals surface area contributed by atoms with Gasteiger partial charge in [-0.1, -0.05) is 12.1 Å². The van der Waals surface area contributed by atoms with Gasteiger partial charge < -0.3 is 19.7 Å². The standard InChI is InChI=1S/C28H31N3O5S2/c1-30(13-4-14-31-23-12-7-19(18-32)17-22(23)29-27(31)35)20-8-10-21(11-9-20)36-28(26(33)34,24-5-2-15-37-24)25-6-3-16-38-25/h2-3,5-7,12,15-18,20-21H,4,8-11,13-14H2,1H3,(H,29,35)(H,33,34). The summed E-state index contributed by atoms with van der Waals surface area (Å²) in [6, 6.07) is 13.0. The average molecular weight is 554 g/mol. The molecular formula is C28H31N3O5S2. The topological polar surface area (TPSA) is 105 Å². The second kappa shape index (κ2) is 11.4. The molecule has 200 valence electrons. The summed E-state index contributed by atoms with van der Waals surface area (Å²) in [6.45, 7) is 1.43. The minimum atomic E-state index is -1.47. The van der Waals surface area contributed by atoms with Gasteiger partial charge >= 0.3 is 11.7 Å². The molecule has 1 aliphatic rings. The van der Waals surface area contributed by atoms with E-state index in [0.29, 0.717) is 33.4 Å². The molecular weight excluding hydrogens is 522 g/mol. The van der Waals surface area contributed by atoms with Crippen molar-refractivity contribution in [2.75, 3.05) is 13.6 Å². The zero-order valence-electron chi connectivity index (χ0n) is 21.2. The summed E-state index contributed by atoms with van der Waals surface area (Å²) in [4.78, 5) is 42.7. The number of carboxylic acids is 1. The molecule has 1 aromatic carbocycles. The second-order valence-electron chi connectivity index (χ2n) is 9.80. The van der Waals surface area contributed by atoms with Gasteiger partial charge in [0, 0.05) is 18.2 Å². The summed E-state index contributed by atoms with van der Waals surface area (Å²) < 4.78 is 8.22. The zero-order chi connectivity index (χ0) is 26.7. The number of nitrogens with zero attached hydrogens (tertiary/aromatic N) is 2. The SMILES string of the molecule is CN(CCCn1c(=O)[nH]c2cc(C=O)ccc21)C1CCC(OC(C(=O)O)(c2cccs2)c2cccs2)CC1. The number of rotatable bonds is 11. The molecule has 3 aromatic heterocycles. The smallest absolute Gasteiger partial charge is 0.347 e. The number of fused-ring (bicyclic) bond motifs is 1. The molecule has 2 N–H and O–H groups in total. The van der Waals surface area contributed by atoms with Crippen molar-refractivity contribution in [2.24, 2.45) is 0 Å². The summed E-state index contributed by atoms with van der Waals surface area (Å²) >= 11 is 2.82. The van der Waals surface area contributed by atoms with E-state index in [1.807, 2.05) is 41.1 Å². The predicted molar refractivity (Wildman–Crippen MR) is 149 cm³/mol. The third-order valence-electron chi connectivity index (χ3n) is 7.47. The number of aliphatic carboxylic acids is 1. The third kappa shape index (κ3) is 5.13. The first kappa shape index (κ1) is 26.6. The summed E-state index contributed by atoms with van der Waals surface area (Å²) in [6.07, 6.45) is 4.88. The van der Waals surface area contributed by atoms with Gasteiger partial charge in [-0.05, 0) is 86.8 Å². The molecule has 0 aliphatic heterocycles. The van der Waals surface area contributed by atoms with Crippen molar-refractivity contribution in [3.05, 3.63) is 79.0 Å². The van der Waals surface area contributed by atoms with Crippen LogP contribution >= 0.6 is 22.7 Å². The number of carbonyl (C=O) groups excluding carboxylic acids is 1. The van der Waals surface area contributed by atoms with Gasteiger partial charge in [0.1, 0.15) is 6.29 Å². The Balaban J connectivity index is 1.18. The maximum atomic E-state index is 12.7. The highest BCUT2D eigenvalue weighted by Crippen LogP contribution is 2.42. The second-order valence-corrected chi connectivity index (χ2v) is 11.7. The molecule has 38 heavy (non-hydrogen) atoms. The number of hydrogen-bond donors (Lipinski definition) is 2. The molecule has 0 spiro atoms. The van der Waals surface area contributed by atoms with Crippen LogP contribution in [-0.2, 0) is 21.7 Å². The van der Waals surface area contributed by atoms with Crippen LogP contribution < -0.4 is 5.69 Å². The van der Waals surface area contributed by atoms with Crippen LogP contribution in [0.15, 0.2) is 58.0 Å². The fourth-order valence-corrected chi connectivity index (χ4v) is 7.26. The quantitative estimate of drug-likeness (QED) is 0.255. The molecule has 0 bridgehead atoms. The molecule has 5 rings (SSSR count). The lowest BCUT2D eigenvalue weighted by Crippen LogP contribution is -2.44. The van der Waals surface area contributed by atoms with Crippen molar-refractivity contribution >= 4 is 46.0 Å². The van der Waals surface area contributed by atoms with E-state index in [1.165, 1.54) is 22.7 Å². The van der Waals surface area contributed by atoms with Crippen LogP contribution in [0.3, 0.4) is 0 Å². The van der Waals surface area contributed by atoms with E-state index in [0.717, 1.165) is 50.5 Å². The highest BCUT2D eigenvalue weighted by molar-refractivity contribution is 7.12. The zero-order valence-corrected chi connectivity index (χ0v) is 22.8. The largest absolute Gasteiger partial charge is 0.479 e. The molecule has 1 aliphatic carbocycles. The summed E-state index contributed by atoms with van der Waals surface area (Å²) in [5.41, 5.74) is 0.386. The lowest BCUT2D eigenvalue weighted by Gasteiger charge is -2.38. The lowest BCUT2D eigenvalue weighted by atomic mass is 9.90. The van der Waals surface area contributed by atoms with E-state index in [4.69, 9.17) is 4.74 Å². The number of aldehydes is 1. The Morgan fingerprint density at radius 3 is 2.42 bits per heavy atom. The number of imidazole rings is 1. The minimum absolute atomic E-state index is 0.138. The summed E-state index contributed by atoms with van der Waals surface area (Å²) in [7, 11) is 2.11. The number of ether oxygens (including phenoxy) is 1.